The van der Waals surface area contributed by atoms with E-state index < -0.39 is 0 Å². The Balaban J connectivity index is 1.74. The van der Waals surface area contributed by atoms with Gasteiger partial charge in [0.15, 0.2) is 0 Å². The van der Waals surface area contributed by atoms with Gasteiger partial charge < -0.3 is 4.57 Å². The fraction of sp³-hybridized carbons (Fsp3) is 0.0952. The fourth-order valence-electron chi connectivity index (χ4n) is 3.55. The molecule has 0 N–H and O–H groups in total. The summed E-state index contributed by atoms with van der Waals surface area (Å²) in [5, 5.41) is 6.51. The summed E-state index contributed by atoms with van der Waals surface area (Å²) in [6.07, 6.45) is 7.66. The summed E-state index contributed by atoms with van der Waals surface area (Å²) < 4.78 is 3.95. The third kappa shape index (κ3) is 2.21. The number of benzene rings is 2. The van der Waals surface area contributed by atoms with Crippen LogP contribution in [0.25, 0.3) is 44.2 Å². The van der Waals surface area contributed by atoms with Gasteiger partial charge in [-0.15, -0.1) is 0 Å². The first-order valence-corrected chi connectivity index (χ1v) is 8.49. The normalized spacial score (nSPS) is 11.5. The van der Waals surface area contributed by atoms with E-state index >= 15 is 0 Å². The zero-order valence-corrected chi connectivity index (χ0v) is 14.6. The summed E-state index contributed by atoms with van der Waals surface area (Å²) in [4.78, 5) is 9.11. The standard InChI is InChI=1S/C21H17N5/c1-25-12-18(16-5-3-4-6-20(16)25)21-17-8-7-14(9-19(17)22-13-23-21)15-10-24-26(2)11-15/h3-13H,1-2H3. The molecule has 0 saturated heterocycles. The molecule has 0 unspecified atom stereocenters. The second kappa shape index (κ2) is 5.52. The van der Waals surface area contributed by atoms with Gasteiger partial charge in [0.1, 0.15) is 6.33 Å². The Morgan fingerprint density at radius 1 is 0.846 bits per heavy atom. The maximum atomic E-state index is 4.61. The molecule has 5 nitrogen and oxygen atoms in total. The zero-order valence-electron chi connectivity index (χ0n) is 14.6. The maximum Gasteiger partial charge on any atom is 0.116 e. The van der Waals surface area contributed by atoms with E-state index in [0.29, 0.717) is 0 Å². The highest BCUT2D eigenvalue weighted by Crippen LogP contribution is 2.34. The van der Waals surface area contributed by atoms with Crippen molar-refractivity contribution in [1.82, 2.24) is 24.3 Å². The molecule has 5 heteroatoms. The maximum absolute atomic E-state index is 4.61. The Morgan fingerprint density at radius 3 is 2.58 bits per heavy atom. The van der Waals surface area contributed by atoms with Gasteiger partial charge in [-0.2, -0.15) is 5.10 Å². The molecule has 5 aromatic rings. The Hall–Kier alpha value is -3.47. The van der Waals surface area contributed by atoms with Crippen LogP contribution >= 0.6 is 0 Å². The number of aromatic nitrogens is 5. The minimum atomic E-state index is 0.935. The van der Waals surface area contributed by atoms with Crippen LogP contribution in [0.5, 0.6) is 0 Å². The smallest absolute Gasteiger partial charge is 0.116 e. The first-order chi connectivity index (χ1) is 12.7. The number of rotatable bonds is 2. The third-order valence-corrected chi connectivity index (χ3v) is 4.83. The molecule has 26 heavy (non-hydrogen) atoms. The van der Waals surface area contributed by atoms with Crippen LogP contribution in [0.3, 0.4) is 0 Å². The van der Waals surface area contributed by atoms with Crippen molar-refractivity contribution in [2.45, 2.75) is 0 Å². The minimum Gasteiger partial charge on any atom is -0.350 e. The molecular formula is C21H17N5. The van der Waals surface area contributed by atoms with Gasteiger partial charge >= 0.3 is 0 Å². The average Bonchev–Trinajstić information content (AvgIpc) is 3.25. The van der Waals surface area contributed by atoms with E-state index in [0.717, 1.165) is 33.3 Å². The van der Waals surface area contributed by atoms with Crippen LogP contribution in [0.4, 0.5) is 0 Å². The Labute approximate surface area is 150 Å². The molecule has 0 atom stereocenters. The van der Waals surface area contributed by atoms with Gasteiger partial charge in [-0.3, -0.25) is 4.68 Å². The summed E-state index contributed by atoms with van der Waals surface area (Å²) >= 11 is 0. The van der Waals surface area contributed by atoms with Crippen molar-refractivity contribution in [1.29, 1.82) is 0 Å². The van der Waals surface area contributed by atoms with Gasteiger partial charge in [0, 0.05) is 53.9 Å². The summed E-state index contributed by atoms with van der Waals surface area (Å²) in [7, 11) is 3.99. The Kier molecular flexibility index (Phi) is 3.15. The summed E-state index contributed by atoms with van der Waals surface area (Å²) in [6.45, 7) is 0. The van der Waals surface area contributed by atoms with Gasteiger partial charge in [-0.05, 0) is 23.8 Å². The molecular weight excluding hydrogens is 322 g/mol. The summed E-state index contributed by atoms with van der Waals surface area (Å²) in [6, 6.07) is 14.7. The number of hydrogen-bond donors (Lipinski definition) is 0. The SMILES string of the molecule is Cn1cc(-c2ccc3c(-c4cn(C)c5ccccc45)ncnc3c2)cn1. The lowest BCUT2D eigenvalue weighted by molar-refractivity contribution is 0.768. The number of fused-ring (bicyclic) bond motifs is 2. The van der Waals surface area contributed by atoms with Gasteiger partial charge in [-0.25, -0.2) is 9.97 Å². The molecule has 3 aromatic heterocycles. The molecule has 0 amide bonds. The monoisotopic (exact) mass is 339 g/mol. The van der Waals surface area contributed by atoms with Crippen LogP contribution in [0, 0.1) is 0 Å². The van der Waals surface area contributed by atoms with Gasteiger partial charge in [0.05, 0.1) is 17.4 Å². The molecule has 0 bridgehead atoms. The number of para-hydroxylation sites is 1. The molecule has 0 spiro atoms. The molecule has 0 aliphatic heterocycles. The van der Waals surface area contributed by atoms with Crippen molar-refractivity contribution < 1.29 is 0 Å². The highest BCUT2D eigenvalue weighted by molar-refractivity contribution is 6.03. The molecule has 2 aromatic carbocycles. The topological polar surface area (TPSA) is 48.5 Å². The lowest BCUT2D eigenvalue weighted by Crippen LogP contribution is -1.89. The summed E-state index contributed by atoms with van der Waals surface area (Å²) in [5.41, 5.74) is 6.41. The first kappa shape index (κ1) is 14.8. The largest absolute Gasteiger partial charge is 0.350 e. The predicted octanol–water partition coefficient (Wildman–Crippen LogP) is 4.19. The Morgan fingerprint density at radius 2 is 1.73 bits per heavy atom. The van der Waals surface area contributed by atoms with Crippen molar-refractivity contribution in [2.24, 2.45) is 14.1 Å². The van der Waals surface area contributed by atoms with Gasteiger partial charge in [-0.1, -0.05) is 24.3 Å². The van der Waals surface area contributed by atoms with E-state index in [1.54, 1.807) is 11.0 Å². The molecule has 126 valence electrons. The lowest BCUT2D eigenvalue weighted by atomic mass is 10.0. The number of nitrogens with zero attached hydrogens (tertiary/aromatic N) is 5. The highest BCUT2D eigenvalue weighted by Gasteiger charge is 2.13. The molecule has 0 fully saturated rings. The van der Waals surface area contributed by atoms with Gasteiger partial charge in [0.2, 0.25) is 0 Å². The number of hydrogen-bond acceptors (Lipinski definition) is 3. The van der Waals surface area contributed by atoms with E-state index in [9.17, 15) is 0 Å². The van der Waals surface area contributed by atoms with E-state index in [1.165, 1.54) is 10.9 Å². The number of aryl methyl sites for hydroxylation is 2. The van der Waals surface area contributed by atoms with Crippen LogP contribution in [-0.4, -0.2) is 24.3 Å². The molecule has 0 aliphatic rings. The van der Waals surface area contributed by atoms with E-state index in [-0.39, 0.29) is 0 Å². The highest BCUT2D eigenvalue weighted by atomic mass is 15.2. The molecule has 0 saturated carbocycles. The van der Waals surface area contributed by atoms with Crippen molar-refractivity contribution in [3.63, 3.8) is 0 Å². The predicted molar refractivity (Wildman–Crippen MR) is 104 cm³/mol. The van der Waals surface area contributed by atoms with Crippen LogP contribution < -0.4 is 0 Å². The Bertz CT molecular complexity index is 1260. The van der Waals surface area contributed by atoms with Crippen molar-refractivity contribution in [3.05, 3.63) is 67.4 Å². The van der Waals surface area contributed by atoms with Crippen LogP contribution in [0.2, 0.25) is 0 Å². The summed E-state index contributed by atoms with van der Waals surface area (Å²) in [5.74, 6) is 0. The average molecular weight is 339 g/mol. The molecule has 5 rings (SSSR count). The fourth-order valence-corrected chi connectivity index (χ4v) is 3.55. The molecule has 3 heterocycles. The van der Waals surface area contributed by atoms with Crippen LogP contribution in [-0.2, 0) is 14.1 Å². The lowest BCUT2D eigenvalue weighted by Gasteiger charge is -2.06. The zero-order chi connectivity index (χ0) is 17.7. The van der Waals surface area contributed by atoms with Crippen LogP contribution in [0.1, 0.15) is 0 Å². The van der Waals surface area contributed by atoms with Crippen molar-refractivity contribution in [3.8, 4) is 22.4 Å². The molecule has 0 radical (unpaired) electrons. The molecule has 0 aliphatic carbocycles. The quantitative estimate of drug-likeness (QED) is 0.484. The van der Waals surface area contributed by atoms with E-state index in [1.807, 2.05) is 19.4 Å². The van der Waals surface area contributed by atoms with E-state index in [4.69, 9.17) is 0 Å². The van der Waals surface area contributed by atoms with Gasteiger partial charge in [0.25, 0.3) is 0 Å². The second-order valence-corrected chi connectivity index (χ2v) is 6.53. The first-order valence-electron chi connectivity index (χ1n) is 8.49. The third-order valence-electron chi connectivity index (χ3n) is 4.83. The van der Waals surface area contributed by atoms with Crippen molar-refractivity contribution >= 4 is 21.8 Å². The second-order valence-electron chi connectivity index (χ2n) is 6.53. The van der Waals surface area contributed by atoms with E-state index in [2.05, 4.69) is 75.3 Å². The van der Waals surface area contributed by atoms with Crippen LogP contribution in [0.15, 0.2) is 67.4 Å². The minimum absolute atomic E-state index is 0.935. The van der Waals surface area contributed by atoms with Crippen molar-refractivity contribution in [2.75, 3.05) is 0 Å².